The van der Waals surface area contributed by atoms with Crippen LogP contribution in [-0.4, -0.2) is 47.0 Å². The molecule has 1 aromatic heterocycles. The van der Waals surface area contributed by atoms with E-state index in [1.54, 1.807) is 24.4 Å². The van der Waals surface area contributed by atoms with Crippen molar-refractivity contribution in [3.63, 3.8) is 0 Å². The van der Waals surface area contributed by atoms with Crippen LogP contribution >= 0.6 is 27.5 Å². The Morgan fingerprint density at radius 2 is 1.97 bits per heavy atom. The average Bonchev–Trinajstić information content (AvgIpc) is 3.12. The molecule has 1 aliphatic rings. The van der Waals surface area contributed by atoms with Crippen LogP contribution in [0.1, 0.15) is 19.3 Å². The van der Waals surface area contributed by atoms with E-state index in [1.165, 1.54) is 22.5 Å². The number of benzene rings is 2. The number of aliphatic hydroxyl groups is 1. The van der Waals surface area contributed by atoms with Crippen LogP contribution in [0.5, 0.6) is 0 Å². The quantitative estimate of drug-likeness (QED) is 0.508. The largest absolute Gasteiger partial charge is 0.392 e. The molecule has 0 unspecified atom stereocenters. The molecule has 0 amide bonds. The maximum Gasteiger partial charge on any atom is 0.244 e. The van der Waals surface area contributed by atoms with Gasteiger partial charge >= 0.3 is 0 Å². The lowest BCUT2D eigenvalue weighted by molar-refractivity contribution is 0.148. The zero-order chi connectivity index (χ0) is 22.2. The number of β-amino-alcohol motifs (C(OH)–C–C–N with tert-alkyl or cyclic N) is 1. The van der Waals surface area contributed by atoms with Crippen LogP contribution < -0.4 is 0 Å². The molecule has 1 atom stereocenters. The smallest absolute Gasteiger partial charge is 0.244 e. The fourth-order valence-corrected chi connectivity index (χ4v) is 5.83. The molecule has 2 aromatic carbocycles. The Hall–Kier alpha value is -1.78. The number of aromatic nitrogens is 2. The molecule has 0 radical (unpaired) electrons. The number of hydrogen-bond acceptors (Lipinski definition) is 4. The van der Waals surface area contributed by atoms with Crippen molar-refractivity contribution in [2.45, 2.75) is 30.3 Å². The summed E-state index contributed by atoms with van der Waals surface area (Å²) in [6.45, 7) is 0.378. The van der Waals surface area contributed by atoms with Crippen LogP contribution in [0.3, 0.4) is 0 Å². The van der Waals surface area contributed by atoms with Crippen molar-refractivity contribution < 1.29 is 17.9 Å². The number of H-pyrrole nitrogens is 1. The van der Waals surface area contributed by atoms with Crippen molar-refractivity contribution in [3.05, 3.63) is 57.9 Å². The summed E-state index contributed by atoms with van der Waals surface area (Å²) in [5.74, 6) is 0.0375. The van der Waals surface area contributed by atoms with Crippen LogP contribution in [0.15, 0.2) is 52.0 Å². The van der Waals surface area contributed by atoms with E-state index >= 15 is 0 Å². The second-order valence-electron chi connectivity index (χ2n) is 7.43. The first-order valence-corrected chi connectivity index (χ1v) is 12.4. The Labute approximate surface area is 193 Å². The Bertz CT molecular complexity index is 1220. The number of halogens is 3. The maximum absolute atomic E-state index is 13.9. The van der Waals surface area contributed by atoms with Crippen molar-refractivity contribution in [2.75, 3.05) is 13.1 Å². The molecule has 0 spiro atoms. The van der Waals surface area contributed by atoms with Crippen LogP contribution in [0.4, 0.5) is 4.39 Å². The summed E-state index contributed by atoms with van der Waals surface area (Å²) >= 11 is 9.38. The van der Waals surface area contributed by atoms with Gasteiger partial charge in [-0.2, -0.15) is 4.31 Å². The molecule has 3 aromatic rings. The van der Waals surface area contributed by atoms with Crippen molar-refractivity contribution in [1.82, 2.24) is 14.3 Å². The first-order valence-electron chi connectivity index (χ1n) is 9.74. The Morgan fingerprint density at radius 3 is 2.74 bits per heavy atom. The lowest BCUT2D eigenvalue weighted by Gasteiger charge is -2.22. The fraction of sp³-hybridized carbons (Fsp3) is 0.286. The number of sulfonamides is 1. The van der Waals surface area contributed by atoms with Gasteiger partial charge in [0.05, 0.1) is 27.5 Å². The Balaban J connectivity index is 1.68. The number of nitrogens with zero attached hydrogens (tertiary/aromatic N) is 2. The molecular weight excluding hydrogens is 509 g/mol. The maximum atomic E-state index is 13.9. The highest BCUT2D eigenvalue weighted by Crippen LogP contribution is 2.31. The third-order valence-corrected chi connectivity index (χ3v) is 8.23. The minimum Gasteiger partial charge on any atom is -0.392 e. The standard InChI is InChI=1S/C21H20BrClFN3O3S/c22-16-6-4-13(9-18(16)24)19-11-25-21(26-19)14-5-7-17(23)20(10-14)31(29,30)27-8-2-1-3-15(28)12-27/h4-7,9-11,15,28H,1-3,8,12H2,(H,25,26)/t15-/m0/s1. The molecule has 164 valence electrons. The zero-order valence-electron chi connectivity index (χ0n) is 16.4. The number of imidazole rings is 1. The summed E-state index contributed by atoms with van der Waals surface area (Å²) in [4.78, 5) is 7.39. The molecule has 31 heavy (non-hydrogen) atoms. The van der Waals surface area contributed by atoms with Crippen molar-refractivity contribution in [2.24, 2.45) is 0 Å². The lowest BCUT2D eigenvalue weighted by Crippen LogP contribution is -2.36. The van der Waals surface area contributed by atoms with Crippen molar-refractivity contribution >= 4 is 37.6 Å². The molecule has 1 aliphatic heterocycles. The van der Waals surface area contributed by atoms with Gasteiger partial charge in [0.25, 0.3) is 0 Å². The zero-order valence-corrected chi connectivity index (χ0v) is 19.5. The first kappa shape index (κ1) is 22.4. The summed E-state index contributed by atoms with van der Waals surface area (Å²) in [5, 5.41) is 10.1. The highest BCUT2D eigenvalue weighted by Gasteiger charge is 2.30. The average molecular weight is 529 g/mol. The summed E-state index contributed by atoms with van der Waals surface area (Å²) in [6, 6.07) is 9.38. The Morgan fingerprint density at radius 1 is 1.19 bits per heavy atom. The number of aliphatic hydroxyl groups excluding tert-OH is 1. The summed E-state index contributed by atoms with van der Waals surface area (Å²) < 4.78 is 42.0. The number of aromatic amines is 1. The fourth-order valence-electron chi connectivity index (χ4n) is 3.57. The van der Waals surface area contributed by atoms with E-state index in [4.69, 9.17) is 11.6 Å². The summed E-state index contributed by atoms with van der Waals surface area (Å²) in [5.41, 5.74) is 1.73. The van der Waals surface area contributed by atoms with Gasteiger partial charge < -0.3 is 10.1 Å². The first-order chi connectivity index (χ1) is 14.8. The third-order valence-electron chi connectivity index (χ3n) is 5.24. The molecule has 4 rings (SSSR count). The number of hydrogen-bond donors (Lipinski definition) is 2. The minimum absolute atomic E-state index is 0.0339. The lowest BCUT2D eigenvalue weighted by atomic mass is 10.2. The van der Waals surface area contributed by atoms with Gasteiger partial charge in [-0.15, -0.1) is 0 Å². The monoisotopic (exact) mass is 527 g/mol. The van der Waals surface area contributed by atoms with E-state index in [1.807, 2.05) is 0 Å². The topological polar surface area (TPSA) is 86.3 Å². The van der Waals surface area contributed by atoms with Crippen LogP contribution in [-0.2, 0) is 10.0 Å². The van der Waals surface area contributed by atoms with Gasteiger partial charge in [0, 0.05) is 24.2 Å². The van der Waals surface area contributed by atoms with Crippen LogP contribution in [0.25, 0.3) is 22.6 Å². The molecular formula is C21H20BrClFN3O3S. The molecule has 0 bridgehead atoms. The molecule has 2 N–H and O–H groups in total. The molecule has 0 saturated carbocycles. The molecule has 1 saturated heterocycles. The SMILES string of the molecule is O=S(=O)(c1cc(-c2ncc(-c3ccc(Br)c(F)c3)[nH]2)ccc1Cl)N1CCCC[C@H](O)C1. The molecule has 2 heterocycles. The van der Waals surface area contributed by atoms with Gasteiger partial charge in [-0.1, -0.05) is 17.7 Å². The van der Waals surface area contributed by atoms with Crippen LogP contribution in [0, 0.1) is 5.82 Å². The molecule has 6 nitrogen and oxygen atoms in total. The van der Waals surface area contributed by atoms with Gasteiger partial charge in [0.1, 0.15) is 16.5 Å². The second-order valence-corrected chi connectivity index (χ2v) is 10.6. The molecule has 0 aliphatic carbocycles. The predicted octanol–water partition coefficient (Wildman–Crippen LogP) is 4.83. The molecule has 10 heteroatoms. The minimum atomic E-state index is -3.89. The van der Waals surface area contributed by atoms with Gasteiger partial charge in [-0.3, -0.25) is 0 Å². The predicted molar refractivity (Wildman–Crippen MR) is 121 cm³/mol. The second kappa shape index (κ2) is 8.99. The van der Waals surface area contributed by atoms with Crippen molar-refractivity contribution in [3.8, 4) is 22.6 Å². The Kier molecular flexibility index (Phi) is 6.50. The molecule has 1 fully saturated rings. The van der Waals surface area contributed by atoms with Gasteiger partial charge in [-0.05, 0) is 65.5 Å². The van der Waals surface area contributed by atoms with E-state index in [2.05, 4.69) is 25.9 Å². The number of rotatable bonds is 4. The summed E-state index contributed by atoms with van der Waals surface area (Å²) in [7, 11) is -3.89. The third kappa shape index (κ3) is 4.70. The highest BCUT2D eigenvalue weighted by atomic mass is 79.9. The van der Waals surface area contributed by atoms with E-state index in [9.17, 15) is 17.9 Å². The highest BCUT2D eigenvalue weighted by molar-refractivity contribution is 9.10. The number of nitrogens with one attached hydrogen (secondary N) is 1. The van der Waals surface area contributed by atoms with E-state index in [0.717, 1.165) is 6.42 Å². The van der Waals surface area contributed by atoms with Crippen LogP contribution in [0.2, 0.25) is 5.02 Å². The van der Waals surface area contributed by atoms with E-state index in [-0.39, 0.29) is 16.5 Å². The summed E-state index contributed by atoms with van der Waals surface area (Å²) in [6.07, 6.45) is 2.89. The van der Waals surface area contributed by atoms with E-state index in [0.29, 0.717) is 46.5 Å². The van der Waals surface area contributed by atoms with Crippen molar-refractivity contribution in [1.29, 1.82) is 0 Å². The van der Waals surface area contributed by atoms with Gasteiger partial charge in [0.15, 0.2) is 0 Å². The van der Waals surface area contributed by atoms with E-state index < -0.39 is 21.9 Å². The normalized spacial score (nSPS) is 18.1. The van der Waals surface area contributed by atoms with Gasteiger partial charge in [-0.25, -0.2) is 17.8 Å². The van der Waals surface area contributed by atoms with Gasteiger partial charge in [0.2, 0.25) is 10.0 Å².